The van der Waals surface area contributed by atoms with Gasteiger partial charge in [0.2, 0.25) is 0 Å². The van der Waals surface area contributed by atoms with Crippen molar-refractivity contribution < 1.29 is 13.2 Å². The monoisotopic (exact) mass is 411 g/mol. The van der Waals surface area contributed by atoms with Gasteiger partial charge in [0.05, 0.1) is 0 Å². The van der Waals surface area contributed by atoms with Crippen LogP contribution in [0.2, 0.25) is 5.02 Å². The van der Waals surface area contributed by atoms with E-state index in [1.807, 2.05) is 5.38 Å². The van der Waals surface area contributed by atoms with Gasteiger partial charge < -0.3 is 5.32 Å². The van der Waals surface area contributed by atoms with Gasteiger partial charge in [0.25, 0.3) is 5.91 Å². The van der Waals surface area contributed by atoms with Gasteiger partial charge in [0.1, 0.15) is 9.46 Å². The fraction of sp³-hybridized carbons (Fsp3) is 0.118. The number of amides is 1. The quantitative estimate of drug-likeness (QED) is 0.653. The summed E-state index contributed by atoms with van der Waals surface area (Å²) in [6.45, 7) is -0.00784. The molecule has 0 aliphatic heterocycles. The van der Waals surface area contributed by atoms with Crippen LogP contribution in [0.4, 0.5) is 0 Å². The largest absolute Gasteiger partial charge is 0.350 e. The van der Waals surface area contributed by atoms with Gasteiger partial charge in [-0.15, -0.1) is 22.7 Å². The minimum absolute atomic E-state index is 0.00784. The molecule has 1 atom stereocenters. The van der Waals surface area contributed by atoms with E-state index >= 15 is 0 Å². The van der Waals surface area contributed by atoms with Crippen molar-refractivity contribution in [1.29, 1.82) is 0 Å². The number of nitrogens with one attached hydrogen (secondary N) is 1. The van der Waals surface area contributed by atoms with Crippen LogP contribution in [0.3, 0.4) is 0 Å². The third-order valence-corrected chi connectivity index (χ3v) is 8.43. The predicted octanol–water partition coefficient (Wildman–Crippen LogP) is 4.41. The third kappa shape index (κ3) is 4.12. The molecule has 3 rings (SSSR count). The maximum absolute atomic E-state index is 12.9. The van der Waals surface area contributed by atoms with Gasteiger partial charge in [-0.1, -0.05) is 29.8 Å². The van der Waals surface area contributed by atoms with Gasteiger partial charge in [-0.3, -0.25) is 4.79 Å². The average Bonchev–Trinajstić information content (AvgIpc) is 3.28. The van der Waals surface area contributed by atoms with Gasteiger partial charge in [0, 0.05) is 22.0 Å². The highest BCUT2D eigenvalue weighted by molar-refractivity contribution is 7.93. The van der Waals surface area contributed by atoms with Crippen LogP contribution in [-0.2, 0) is 9.84 Å². The van der Waals surface area contributed by atoms with Crippen LogP contribution >= 0.6 is 34.3 Å². The van der Waals surface area contributed by atoms with E-state index < -0.39 is 15.1 Å². The molecular formula is C17H14ClNO3S3. The van der Waals surface area contributed by atoms with Crippen LogP contribution in [-0.4, -0.2) is 20.9 Å². The standard InChI is InChI=1S/C17H14ClNO3S3/c18-13-5-1-4-12(10-13)17(20)19-11-15(14-6-2-8-23-14)25(21,22)16-7-3-9-24-16/h1-10,15H,11H2,(H,19,20). The highest BCUT2D eigenvalue weighted by atomic mass is 35.5. The zero-order valence-electron chi connectivity index (χ0n) is 12.9. The minimum Gasteiger partial charge on any atom is -0.350 e. The van der Waals surface area contributed by atoms with Crippen molar-refractivity contribution in [3.63, 3.8) is 0 Å². The first-order valence-electron chi connectivity index (χ1n) is 7.33. The Morgan fingerprint density at radius 2 is 1.84 bits per heavy atom. The lowest BCUT2D eigenvalue weighted by Crippen LogP contribution is -2.31. The zero-order valence-corrected chi connectivity index (χ0v) is 16.1. The number of hydrogen-bond acceptors (Lipinski definition) is 5. The summed E-state index contributed by atoms with van der Waals surface area (Å²) in [5.74, 6) is -0.356. The van der Waals surface area contributed by atoms with Gasteiger partial charge in [-0.25, -0.2) is 8.42 Å². The molecule has 0 spiro atoms. The van der Waals surface area contributed by atoms with Gasteiger partial charge in [-0.05, 0) is 41.1 Å². The van der Waals surface area contributed by atoms with Gasteiger partial charge in [0.15, 0.2) is 9.84 Å². The molecule has 1 unspecified atom stereocenters. The summed E-state index contributed by atoms with van der Waals surface area (Å²) in [6, 6.07) is 13.4. The van der Waals surface area contributed by atoms with E-state index in [2.05, 4.69) is 5.32 Å². The summed E-state index contributed by atoms with van der Waals surface area (Å²) < 4.78 is 26.2. The lowest BCUT2D eigenvalue weighted by molar-refractivity contribution is 0.0954. The molecule has 4 nitrogen and oxygen atoms in total. The van der Waals surface area contributed by atoms with E-state index in [0.29, 0.717) is 19.7 Å². The summed E-state index contributed by atoms with van der Waals surface area (Å²) in [6.07, 6.45) is 0. The first-order valence-corrected chi connectivity index (χ1v) is 11.0. The van der Waals surface area contributed by atoms with Crippen molar-refractivity contribution in [3.05, 3.63) is 74.8 Å². The molecule has 0 radical (unpaired) electrons. The SMILES string of the molecule is O=C(NCC(c1cccs1)S(=O)(=O)c1cccs1)c1cccc(Cl)c1. The fourth-order valence-electron chi connectivity index (χ4n) is 2.32. The van der Waals surface area contributed by atoms with E-state index in [4.69, 9.17) is 11.6 Å². The fourth-order valence-corrected chi connectivity index (χ4v) is 6.50. The third-order valence-electron chi connectivity index (χ3n) is 3.55. The Hall–Kier alpha value is -1.67. The predicted molar refractivity (Wildman–Crippen MR) is 102 cm³/mol. The first kappa shape index (κ1) is 18.1. The molecule has 0 fully saturated rings. The molecule has 0 bridgehead atoms. The second-order valence-corrected chi connectivity index (χ2v) is 9.92. The minimum atomic E-state index is -3.58. The van der Waals surface area contributed by atoms with E-state index in [1.54, 1.807) is 53.9 Å². The molecule has 8 heteroatoms. The number of thiophene rings is 2. The van der Waals surface area contributed by atoms with Crippen LogP contribution in [0.1, 0.15) is 20.5 Å². The highest BCUT2D eigenvalue weighted by Gasteiger charge is 2.31. The second kappa shape index (κ2) is 7.70. The van der Waals surface area contributed by atoms with E-state index in [9.17, 15) is 13.2 Å². The smallest absolute Gasteiger partial charge is 0.251 e. The van der Waals surface area contributed by atoms with Crippen LogP contribution in [0.5, 0.6) is 0 Å². The number of carbonyl (C=O) groups is 1. The Balaban J connectivity index is 1.83. The molecule has 0 aliphatic carbocycles. The molecule has 1 N–H and O–H groups in total. The molecule has 3 aromatic rings. The lowest BCUT2D eigenvalue weighted by atomic mass is 10.2. The van der Waals surface area contributed by atoms with Crippen LogP contribution in [0, 0.1) is 0 Å². The number of benzene rings is 1. The number of hydrogen-bond donors (Lipinski definition) is 1. The Morgan fingerprint density at radius 3 is 2.48 bits per heavy atom. The van der Waals surface area contributed by atoms with Crippen molar-refractivity contribution in [3.8, 4) is 0 Å². The molecular weight excluding hydrogens is 398 g/mol. The molecule has 1 aromatic carbocycles. The topological polar surface area (TPSA) is 63.2 Å². The van der Waals surface area contributed by atoms with E-state index in [0.717, 1.165) is 0 Å². The molecule has 2 heterocycles. The molecule has 0 aliphatic rings. The summed E-state index contributed by atoms with van der Waals surface area (Å²) in [5.41, 5.74) is 0.394. The molecule has 2 aromatic heterocycles. The van der Waals surface area contributed by atoms with Crippen molar-refractivity contribution in [1.82, 2.24) is 5.32 Å². The van der Waals surface area contributed by atoms with Crippen molar-refractivity contribution >= 4 is 50.0 Å². The van der Waals surface area contributed by atoms with Gasteiger partial charge >= 0.3 is 0 Å². The Morgan fingerprint density at radius 1 is 1.08 bits per heavy atom. The summed E-state index contributed by atoms with van der Waals surface area (Å²) in [5, 5.41) is 5.89. The van der Waals surface area contributed by atoms with E-state index in [1.165, 1.54) is 22.7 Å². The average molecular weight is 412 g/mol. The number of halogens is 1. The van der Waals surface area contributed by atoms with Crippen LogP contribution in [0.25, 0.3) is 0 Å². The maximum Gasteiger partial charge on any atom is 0.251 e. The highest BCUT2D eigenvalue weighted by Crippen LogP contribution is 2.33. The Bertz CT molecular complexity index is 951. The van der Waals surface area contributed by atoms with Crippen LogP contribution in [0.15, 0.2) is 63.5 Å². The molecule has 0 saturated heterocycles. The zero-order chi connectivity index (χ0) is 17.9. The first-order chi connectivity index (χ1) is 12.0. The van der Waals surface area contributed by atoms with Crippen molar-refractivity contribution in [2.45, 2.75) is 9.46 Å². The maximum atomic E-state index is 12.9. The van der Waals surface area contributed by atoms with Crippen molar-refractivity contribution in [2.24, 2.45) is 0 Å². The lowest BCUT2D eigenvalue weighted by Gasteiger charge is -2.16. The number of carbonyl (C=O) groups excluding carboxylic acids is 1. The molecule has 130 valence electrons. The number of sulfone groups is 1. The molecule has 25 heavy (non-hydrogen) atoms. The van der Waals surface area contributed by atoms with Crippen molar-refractivity contribution in [2.75, 3.05) is 6.54 Å². The summed E-state index contributed by atoms with van der Waals surface area (Å²) >= 11 is 8.43. The normalized spacial score (nSPS) is 12.7. The van der Waals surface area contributed by atoms with E-state index in [-0.39, 0.29) is 12.5 Å². The summed E-state index contributed by atoms with van der Waals surface area (Å²) in [4.78, 5) is 13.0. The van der Waals surface area contributed by atoms with Gasteiger partial charge in [-0.2, -0.15) is 0 Å². The van der Waals surface area contributed by atoms with Crippen LogP contribution < -0.4 is 5.32 Å². The Labute approximate surface area is 159 Å². The molecule has 0 saturated carbocycles. The molecule has 1 amide bonds. The second-order valence-electron chi connectivity index (χ2n) is 5.20. The Kier molecular flexibility index (Phi) is 5.58. The summed E-state index contributed by atoms with van der Waals surface area (Å²) in [7, 11) is -3.58. The number of rotatable bonds is 6.